The molecule has 3 atom stereocenters. The summed E-state index contributed by atoms with van der Waals surface area (Å²) in [5.74, 6) is 0.819. The number of aromatic nitrogens is 8. The van der Waals surface area contributed by atoms with E-state index >= 15 is 0 Å². The SMILES string of the molecule is CCO[C@H]1CN(C)C(=O)[C@@H]2C[C@@H](CN2c2ncnc3c2cnn3-c2ccc(F)cc2OC)Nc2nccc(n2)-c2cccc3ncn(c23)C1. The molecule has 4 aromatic heterocycles. The second kappa shape index (κ2) is 12.4. The Morgan fingerprint density at radius 2 is 1.96 bits per heavy atom. The quantitative estimate of drug-likeness (QED) is 0.289. The van der Waals surface area contributed by atoms with Crippen LogP contribution in [-0.2, 0) is 16.1 Å². The number of halogens is 1. The van der Waals surface area contributed by atoms with Crippen LogP contribution in [-0.4, -0.2) is 102 Å². The second-order valence-corrected chi connectivity index (χ2v) is 12.2. The van der Waals surface area contributed by atoms with E-state index in [1.807, 2.05) is 49.5 Å². The van der Waals surface area contributed by atoms with Crippen molar-refractivity contribution < 1.29 is 18.7 Å². The molecule has 15 heteroatoms. The molecule has 1 saturated heterocycles. The summed E-state index contributed by atoms with van der Waals surface area (Å²) < 4.78 is 29.3. The van der Waals surface area contributed by atoms with Crippen LogP contribution in [0.5, 0.6) is 5.75 Å². The molecule has 250 valence electrons. The summed E-state index contributed by atoms with van der Waals surface area (Å²) in [5, 5.41) is 8.71. The van der Waals surface area contributed by atoms with Gasteiger partial charge in [-0.2, -0.15) is 5.10 Å². The number of imidazole rings is 1. The number of hydrogen-bond donors (Lipinski definition) is 1. The average Bonchev–Trinajstić information content (AvgIpc) is 3.85. The summed E-state index contributed by atoms with van der Waals surface area (Å²) in [4.78, 5) is 41.5. The van der Waals surface area contributed by atoms with Crippen molar-refractivity contribution in [2.75, 3.05) is 44.1 Å². The fraction of sp³-hybridized carbons (Fsp3) is 0.324. The number of carbonyl (C=O) groups excluding carboxylic acids is 1. The zero-order valence-corrected chi connectivity index (χ0v) is 27.2. The van der Waals surface area contributed by atoms with E-state index in [1.54, 1.807) is 28.0 Å². The van der Waals surface area contributed by atoms with Gasteiger partial charge in [0.15, 0.2) is 5.65 Å². The molecule has 2 aliphatic rings. The fourth-order valence-corrected chi connectivity index (χ4v) is 6.97. The van der Waals surface area contributed by atoms with Crippen molar-refractivity contribution in [2.24, 2.45) is 0 Å². The van der Waals surface area contributed by atoms with Gasteiger partial charge in [-0.25, -0.2) is 34.0 Å². The van der Waals surface area contributed by atoms with E-state index in [0.29, 0.717) is 66.9 Å². The van der Waals surface area contributed by atoms with Crippen LogP contribution in [0, 0.1) is 5.82 Å². The Morgan fingerprint density at radius 1 is 1.06 bits per heavy atom. The largest absolute Gasteiger partial charge is 0.494 e. The molecular weight excluding hydrogens is 629 g/mol. The smallest absolute Gasteiger partial charge is 0.245 e. The average molecular weight is 664 g/mol. The molecular formula is C34H34FN11O3. The number of hydrogen-bond acceptors (Lipinski definition) is 11. The molecule has 2 aliphatic heterocycles. The summed E-state index contributed by atoms with van der Waals surface area (Å²) in [7, 11) is 3.28. The first-order valence-electron chi connectivity index (χ1n) is 16.1. The highest BCUT2D eigenvalue weighted by atomic mass is 19.1. The lowest BCUT2D eigenvalue weighted by Crippen LogP contribution is -2.47. The Bertz CT molecular complexity index is 2190. The summed E-state index contributed by atoms with van der Waals surface area (Å²) in [6.07, 6.45) is 6.83. The second-order valence-electron chi connectivity index (χ2n) is 12.2. The van der Waals surface area contributed by atoms with Gasteiger partial charge in [-0.05, 0) is 37.6 Å². The number of nitrogens with zero attached hydrogens (tertiary/aromatic N) is 10. The molecule has 49 heavy (non-hydrogen) atoms. The van der Waals surface area contributed by atoms with Crippen LogP contribution in [0.3, 0.4) is 0 Å². The topological polar surface area (TPSA) is 141 Å². The Labute approximate surface area is 280 Å². The predicted molar refractivity (Wildman–Crippen MR) is 180 cm³/mol. The molecule has 1 fully saturated rings. The molecule has 6 heterocycles. The lowest BCUT2D eigenvalue weighted by atomic mass is 10.1. The van der Waals surface area contributed by atoms with Crippen LogP contribution in [0.4, 0.5) is 16.2 Å². The number of fused-ring (bicyclic) bond motifs is 6. The van der Waals surface area contributed by atoms with E-state index in [-0.39, 0.29) is 18.1 Å². The van der Waals surface area contributed by atoms with Gasteiger partial charge in [-0.3, -0.25) is 4.79 Å². The fourth-order valence-electron chi connectivity index (χ4n) is 6.97. The summed E-state index contributed by atoms with van der Waals surface area (Å²) in [6, 6.07) is 11.3. The molecule has 0 aliphatic carbocycles. The first kappa shape index (κ1) is 30.6. The van der Waals surface area contributed by atoms with Crippen LogP contribution in [0.2, 0.25) is 0 Å². The molecule has 6 aromatic rings. The van der Waals surface area contributed by atoms with Crippen LogP contribution in [0.25, 0.3) is 39.0 Å². The van der Waals surface area contributed by atoms with Crippen LogP contribution >= 0.6 is 0 Å². The molecule has 0 radical (unpaired) electrons. The van der Waals surface area contributed by atoms with Crippen molar-refractivity contribution in [3.63, 3.8) is 0 Å². The monoisotopic (exact) mass is 663 g/mol. The third-order valence-electron chi connectivity index (χ3n) is 9.13. The Morgan fingerprint density at radius 3 is 2.82 bits per heavy atom. The maximum atomic E-state index is 14.4. The first-order chi connectivity index (χ1) is 23.9. The highest BCUT2D eigenvalue weighted by molar-refractivity contribution is 5.93. The maximum absolute atomic E-state index is 14.4. The molecule has 0 saturated carbocycles. The first-order valence-corrected chi connectivity index (χ1v) is 16.1. The lowest BCUT2D eigenvalue weighted by Gasteiger charge is -2.31. The number of carbonyl (C=O) groups is 1. The van der Waals surface area contributed by atoms with Crippen molar-refractivity contribution in [2.45, 2.75) is 38.1 Å². The van der Waals surface area contributed by atoms with Crippen molar-refractivity contribution >= 4 is 39.7 Å². The zero-order chi connectivity index (χ0) is 33.6. The van der Waals surface area contributed by atoms with Gasteiger partial charge < -0.3 is 29.2 Å². The minimum absolute atomic E-state index is 0.0749. The minimum atomic E-state index is -0.572. The van der Waals surface area contributed by atoms with Crippen molar-refractivity contribution in [1.82, 2.24) is 44.2 Å². The normalized spacial score (nSPS) is 19.6. The third-order valence-corrected chi connectivity index (χ3v) is 9.13. The molecule has 4 bridgehead atoms. The number of nitrogens with one attached hydrogen (secondary N) is 1. The van der Waals surface area contributed by atoms with E-state index in [2.05, 4.69) is 34.9 Å². The maximum Gasteiger partial charge on any atom is 0.245 e. The van der Waals surface area contributed by atoms with E-state index in [0.717, 1.165) is 22.3 Å². The molecule has 0 spiro atoms. The lowest BCUT2D eigenvalue weighted by molar-refractivity contribution is -0.133. The molecule has 14 nitrogen and oxygen atoms in total. The zero-order valence-electron chi connectivity index (χ0n) is 27.2. The van der Waals surface area contributed by atoms with Gasteiger partial charge in [0.25, 0.3) is 0 Å². The van der Waals surface area contributed by atoms with Gasteiger partial charge >= 0.3 is 0 Å². The summed E-state index contributed by atoms with van der Waals surface area (Å²) in [6.45, 7) is 3.74. The Kier molecular flexibility index (Phi) is 7.75. The number of benzene rings is 2. The van der Waals surface area contributed by atoms with Gasteiger partial charge in [0.2, 0.25) is 11.9 Å². The predicted octanol–water partition coefficient (Wildman–Crippen LogP) is 3.71. The van der Waals surface area contributed by atoms with Crippen LogP contribution < -0.4 is 15.0 Å². The number of ether oxygens (including phenoxy) is 2. The summed E-state index contributed by atoms with van der Waals surface area (Å²) >= 11 is 0. The van der Waals surface area contributed by atoms with Crippen LogP contribution in [0.1, 0.15) is 13.3 Å². The number of methoxy groups -OCH3 is 1. The highest BCUT2D eigenvalue weighted by Crippen LogP contribution is 2.34. The number of rotatable bonds is 5. The van der Waals surface area contributed by atoms with Crippen molar-refractivity contribution in [3.05, 3.63) is 73.3 Å². The van der Waals surface area contributed by atoms with Crippen LogP contribution in [0.15, 0.2) is 67.5 Å². The van der Waals surface area contributed by atoms with E-state index in [4.69, 9.17) is 14.5 Å². The van der Waals surface area contributed by atoms with E-state index in [9.17, 15) is 9.18 Å². The van der Waals surface area contributed by atoms with Gasteiger partial charge in [0.1, 0.15) is 35.4 Å². The molecule has 8 rings (SSSR count). The Balaban J connectivity index is 1.21. The van der Waals surface area contributed by atoms with Gasteiger partial charge in [-0.1, -0.05) is 12.1 Å². The molecule has 2 aromatic carbocycles. The van der Waals surface area contributed by atoms with Gasteiger partial charge in [-0.15, -0.1) is 0 Å². The molecule has 1 amide bonds. The third kappa shape index (κ3) is 5.45. The molecule has 0 unspecified atom stereocenters. The van der Waals surface area contributed by atoms with Gasteiger partial charge in [0.05, 0.1) is 54.4 Å². The number of anilines is 2. The molecule has 1 N–H and O–H groups in total. The van der Waals surface area contributed by atoms with E-state index in [1.165, 1.54) is 25.6 Å². The van der Waals surface area contributed by atoms with Gasteiger partial charge in [0, 0.05) is 50.6 Å². The highest BCUT2D eigenvalue weighted by Gasteiger charge is 2.41. The number of likely N-dealkylation sites (N-methyl/N-ethyl adjacent to an activating group) is 1. The standard InChI is InChI=1S/C34H34FN11O3/c1-4-49-22-16-43(2)33(47)28-13-21(41-34-36-11-10-25(42-34)23-6-5-7-26-30(23)44(17-22)19-39-26)15-45(28)31-24-14-40-46(32(24)38-18-37-31)27-9-8-20(35)12-29(27)48-3/h5-12,14,18-19,21-22,28H,4,13,15-17H2,1-3H3,(H,36,41,42)/t21-,22-,28-/m0/s1. The number of para-hydroxylation sites is 1. The van der Waals surface area contributed by atoms with Crippen molar-refractivity contribution in [1.29, 1.82) is 0 Å². The van der Waals surface area contributed by atoms with Crippen molar-refractivity contribution in [3.8, 4) is 22.7 Å². The van der Waals surface area contributed by atoms with E-state index < -0.39 is 11.9 Å². The minimum Gasteiger partial charge on any atom is -0.494 e. The number of amides is 1. The summed E-state index contributed by atoms with van der Waals surface area (Å²) in [5.41, 5.74) is 4.49. The Hall–Kier alpha value is -5.70.